The zero-order valence-corrected chi connectivity index (χ0v) is 17.1. The van der Waals surface area contributed by atoms with E-state index in [1.807, 2.05) is 11.4 Å². The van der Waals surface area contributed by atoms with Gasteiger partial charge >= 0.3 is 6.61 Å². The summed E-state index contributed by atoms with van der Waals surface area (Å²) in [6, 6.07) is 6.58. The summed E-state index contributed by atoms with van der Waals surface area (Å²) in [5, 5.41) is 10.8. The first-order valence-corrected chi connectivity index (χ1v) is 10.1. The molecule has 1 amide bonds. The second-order valence-electron chi connectivity index (χ2n) is 6.13. The van der Waals surface area contributed by atoms with Gasteiger partial charge in [0.05, 0.1) is 4.88 Å². The van der Waals surface area contributed by atoms with E-state index in [2.05, 4.69) is 25.7 Å². The van der Waals surface area contributed by atoms with E-state index in [1.54, 1.807) is 19.2 Å². The average Bonchev–Trinajstić information content (AvgIpc) is 3.41. The summed E-state index contributed by atoms with van der Waals surface area (Å²) in [6.07, 6.45) is 0.682. The molecule has 0 saturated carbocycles. The summed E-state index contributed by atoms with van der Waals surface area (Å²) in [5.74, 6) is 1.23. The lowest BCUT2D eigenvalue weighted by molar-refractivity contribution is -0.0505. The monoisotopic (exact) mass is 440 g/mol. The standard InChI is InChI=1S/C19H22F2N4O4S/c1-22-19(24-6-3-5-23-17(26)16-4-2-7-30-16)25-10-12-8-14-15(28-11-27-14)9-13(12)29-18(20)21/h2,4,7-9,18H,3,5-6,10-11H2,1H3,(H,23,26)(H2,22,24,25). The van der Waals surface area contributed by atoms with E-state index < -0.39 is 6.61 Å². The third-order valence-electron chi connectivity index (χ3n) is 4.12. The molecule has 1 aliphatic heterocycles. The van der Waals surface area contributed by atoms with Crippen molar-refractivity contribution in [3.8, 4) is 17.2 Å². The van der Waals surface area contributed by atoms with Crippen molar-refractivity contribution in [3.63, 3.8) is 0 Å². The molecule has 0 saturated heterocycles. The number of ether oxygens (including phenoxy) is 3. The van der Waals surface area contributed by atoms with Crippen LogP contribution in [0.5, 0.6) is 17.2 Å². The van der Waals surface area contributed by atoms with Crippen molar-refractivity contribution in [3.05, 3.63) is 40.1 Å². The molecule has 2 heterocycles. The van der Waals surface area contributed by atoms with Crippen molar-refractivity contribution in [2.45, 2.75) is 19.6 Å². The Balaban J connectivity index is 1.45. The van der Waals surface area contributed by atoms with Crippen LogP contribution in [0.25, 0.3) is 0 Å². The van der Waals surface area contributed by atoms with Crippen molar-refractivity contribution in [1.29, 1.82) is 0 Å². The van der Waals surface area contributed by atoms with Gasteiger partial charge in [0.1, 0.15) is 5.75 Å². The third-order valence-corrected chi connectivity index (χ3v) is 4.99. The van der Waals surface area contributed by atoms with Crippen LogP contribution in [0.1, 0.15) is 21.7 Å². The van der Waals surface area contributed by atoms with Gasteiger partial charge in [-0.25, -0.2) is 0 Å². The normalized spacial score (nSPS) is 12.7. The molecule has 2 aromatic rings. The molecule has 8 nitrogen and oxygen atoms in total. The van der Waals surface area contributed by atoms with Gasteiger partial charge in [0.25, 0.3) is 5.91 Å². The Hall–Kier alpha value is -3.08. The SMILES string of the molecule is CN=C(NCCCNC(=O)c1cccs1)NCc1cc2c(cc1OC(F)F)OCO2. The van der Waals surface area contributed by atoms with Gasteiger partial charge in [-0.1, -0.05) is 6.07 Å². The number of nitrogens with one attached hydrogen (secondary N) is 3. The second kappa shape index (κ2) is 10.6. The first-order valence-electron chi connectivity index (χ1n) is 9.20. The molecule has 11 heteroatoms. The van der Waals surface area contributed by atoms with Gasteiger partial charge in [-0.2, -0.15) is 8.78 Å². The van der Waals surface area contributed by atoms with E-state index >= 15 is 0 Å². The van der Waals surface area contributed by atoms with Crippen molar-refractivity contribution >= 4 is 23.2 Å². The molecule has 0 radical (unpaired) electrons. The van der Waals surface area contributed by atoms with Crippen molar-refractivity contribution in [1.82, 2.24) is 16.0 Å². The molecule has 0 unspecified atom stereocenters. The molecule has 0 spiro atoms. The Kier molecular flexibility index (Phi) is 7.66. The van der Waals surface area contributed by atoms with E-state index in [4.69, 9.17) is 9.47 Å². The summed E-state index contributed by atoms with van der Waals surface area (Å²) >= 11 is 1.39. The minimum Gasteiger partial charge on any atom is -0.454 e. The van der Waals surface area contributed by atoms with Gasteiger partial charge in [-0.05, 0) is 23.9 Å². The molecule has 3 N–H and O–H groups in total. The molecule has 1 aliphatic rings. The summed E-state index contributed by atoms with van der Waals surface area (Å²) in [4.78, 5) is 16.6. The first-order chi connectivity index (χ1) is 14.6. The van der Waals surface area contributed by atoms with Crippen LogP contribution in [0.2, 0.25) is 0 Å². The Labute approximate surface area is 176 Å². The van der Waals surface area contributed by atoms with Gasteiger partial charge in [0.15, 0.2) is 17.5 Å². The number of nitrogens with zero attached hydrogens (tertiary/aromatic N) is 1. The summed E-state index contributed by atoms with van der Waals surface area (Å²) in [5.41, 5.74) is 0.478. The van der Waals surface area contributed by atoms with E-state index in [0.29, 0.717) is 47.4 Å². The Bertz CT molecular complexity index is 878. The van der Waals surface area contributed by atoms with Crippen molar-refractivity contribution in [2.75, 3.05) is 26.9 Å². The number of hydrogen-bond donors (Lipinski definition) is 3. The zero-order valence-electron chi connectivity index (χ0n) is 16.2. The number of benzene rings is 1. The molecule has 0 bridgehead atoms. The smallest absolute Gasteiger partial charge is 0.387 e. The molecule has 3 rings (SSSR count). The van der Waals surface area contributed by atoms with Gasteiger partial charge in [0.2, 0.25) is 6.79 Å². The van der Waals surface area contributed by atoms with E-state index in [-0.39, 0.29) is 25.0 Å². The molecule has 0 aliphatic carbocycles. The number of thiophene rings is 1. The second-order valence-corrected chi connectivity index (χ2v) is 7.08. The predicted molar refractivity (Wildman–Crippen MR) is 109 cm³/mol. The minimum atomic E-state index is -2.95. The molecule has 30 heavy (non-hydrogen) atoms. The summed E-state index contributed by atoms with van der Waals surface area (Å²) < 4.78 is 40.5. The van der Waals surface area contributed by atoms with Crippen LogP contribution in [-0.4, -0.2) is 45.4 Å². The van der Waals surface area contributed by atoms with Crippen LogP contribution in [0.15, 0.2) is 34.6 Å². The van der Waals surface area contributed by atoms with Gasteiger partial charge in [-0.3, -0.25) is 9.79 Å². The lowest BCUT2D eigenvalue weighted by Crippen LogP contribution is -2.38. The maximum absolute atomic E-state index is 12.7. The van der Waals surface area contributed by atoms with Crippen LogP contribution < -0.4 is 30.2 Å². The number of hydrogen-bond acceptors (Lipinski definition) is 6. The number of aliphatic imine (C=N–C) groups is 1. The molecular weight excluding hydrogens is 418 g/mol. The van der Waals surface area contributed by atoms with Crippen LogP contribution in [0.3, 0.4) is 0 Å². The first kappa shape index (κ1) is 21.6. The quantitative estimate of drug-likeness (QED) is 0.315. The van der Waals surface area contributed by atoms with Crippen molar-refractivity contribution in [2.24, 2.45) is 4.99 Å². The number of alkyl halides is 2. The third kappa shape index (κ3) is 5.96. The number of carbonyl (C=O) groups is 1. The zero-order chi connectivity index (χ0) is 21.3. The summed E-state index contributed by atoms with van der Waals surface area (Å²) in [7, 11) is 1.60. The number of halogens is 2. The van der Waals surface area contributed by atoms with E-state index in [1.165, 1.54) is 17.4 Å². The number of guanidine groups is 1. The minimum absolute atomic E-state index is 0.00786. The van der Waals surface area contributed by atoms with Gasteiger partial charge < -0.3 is 30.2 Å². The predicted octanol–water partition coefficient (Wildman–Crippen LogP) is 2.56. The highest BCUT2D eigenvalue weighted by atomic mass is 32.1. The lowest BCUT2D eigenvalue weighted by Gasteiger charge is -2.15. The maximum atomic E-state index is 12.7. The topological polar surface area (TPSA) is 93.2 Å². The molecular formula is C19H22F2N4O4S. The fourth-order valence-corrected chi connectivity index (χ4v) is 3.34. The molecule has 0 fully saturated rings. The van der Waals surface area contributed by atoms with Crippen molar-refractivity contribution < 1.29 is 27.8 Å². The molecule has 0 atom stereocenters. The number of amides is 1. The highest BCUT2D eigenvalue weighted by Crippen LogP contribution is 2.38. The van der Waals surface area contributed by atoms with E-state index in [9.17, 15) is 13.6 Å². The largest absolute Gasteiger partial charge is 0.454 e. The van der Waals surface area contributed by atoms with Gasteiger partial charge in [-0.15, -0.1) is 11.3 Å². The maximum Gasteiger partial charge on any atom is 0.387 e. The highest BCUT2D eigenvalue weighted by molar-refractivity contribution is 7.12. The average molecular weight is 440 g/mol. The molecule has 1 aromatic heterocycles. The van der Waals surface area contributed by atoms with Gasteiger partial charge in [0, 0.05) is 38.3 Å². The number of carbonyl (C=O) groups excluding carboxylic acids is 1. The Morgan fingerprint density at radius 1 is 1.23 bits per heavy atom. The number of rotatable bonds is 9. The highest BCUT2D eigenvalue weighted by Gasteiger charge is 2.20. The summed E-state index contributed by atoms with van der Waals surface area (Å²) in [6.45, 7) is -1.66. The fourth-order valence-electron chi connectivity index (χ4n) is 2.70. The fraction of sp³-hybridized carbons (Fsp3) is 0.368. The Morgan fingerprint density at radius 2 is 2.00 bits per heavy atom. The molecule has 1 aromatic carbocycles. The van der Waals surface area contributed by atoms with Crippen LogP contribution in [0, 0.1) is 0 Å². The van der Waals surface area contributed by atoms with Crippen LogP contribution >= 0.6 is 11.3 Å². The number of fused-ring (bicyclic) bond motifs is 1. The molecule has 162 valence electrons. The Morgan fingerprint density at radius 3 is 2.70 bits per heavy atom. The van der Waals surface area contributed by atoms with Crippen LogP contribution in [-0.2, 0) is 6.54 Å². The van der Waals surface area contributed by atoms with E-state index in [0.717, 1.165) is 0 Å². The van der Waals surface area contributed by atoms with Crippen LogP contribution in [0.4, 0.5) is 8.78 Å². The lowest BCUT2D eigenvalue weighted by atomic mass is 10.1.